The minimum absolute atomic E-state index is 0.0204. The third-order valence-electron chi connectivity index (χ3n) is 8.85. The maximum Gasteiger partial charge on any atom is 0.325 e. The number of aliphatic hydroxyl groups is 1. The summed E-state index contributed by atoms with van der Waals surface area (Å²) in [6.07, 6.45) is 4.18. The molecule has 2 saturated heterocycles. The van der Waals surface area contributed by atoms with E-state index in [9.17, 15) is 9.90 Å². The molecule has 3 aliphatic rings. The number of allylic oxidation sites excluding steroid dienone is 1. The summed E-state index contributed by atoms with van der Waals surface area (Å²) in [5.74, 6) is 1.01. The highest BCUT2D eigenvalue weighted by atomic mass is 16.5. The van der Waals surface area contributed by atoms with Crippen molar-refractivity contribution in [2.45, 2.75) is 84.5 Å². The first kappa shape index (κ1) is 26.8. The molecule has 5 rings (SSSR count). The number of aliphatic hydroxyl groups excluding tert-OH is 1. The van der Waals surface area contributed by atoms with Crippen molar-refractivity contribution >= 4 is 6.03 Å². The average Bonchev–Trinajstić information content (AvgIpc) is 2.98. The number of fused-ring (bicyclic) bond motifs is 3. The number of carbonyl (C=O) groups excluding carboxylic acids is 1. The fourth-order valence-corrected chi connectivity index (χ4v) is 7.06. The van der Waals surface area contributed by atoms with Crippen molar-refractivity contribution in [2.24, 2.45) is 0 Å². The molecule has 1 N–H and O–H groups in total. The monoisotopic (exact) mass is 517 g/mol. The van der Waals surface area contributed by atoms with Gasteiger partial charge in [-0.1, -0.05) is 49.2 Å². The van der Waals surface area contributed by atoms with Gasteiger partial charge >= 0.3 is 6.03 Å². The summed E-state index contributed by atoms with van der Waals surface area (Å²) in [7, 11) is 1.70. The van der Waals surface area contributed by atoms with Crippen LogP contribution >= 0.6 is 0 Å². The van der Waals surface area contributed by atoms with Crippen LogP contribution in [0.5, 0.6) is 5.75 Å². The van der Waals surface area contributed by atoms with Crippen molar-refractivity contribution < 1.29 is 14.6 Å². The van der Waals surface area contributed by atoms with Gasteiger partial charge in [0.1, 0.15) is 5.75 Å². The van der Waals surface area contributed by atoms with Gasteiger partial charge in [0.25, 0.3) is 0 Å². The van der Waals surface area contributed by atoms with Gasteiger partial charge in [0.05, 0.1) is 25.3 Å². The second kappa shape index (κ2) is 10.4. The van der Waals surface area contributed by atoms with E-state index in [0.29, 0.717) is 19.5 Å². The zero-order chi connectivity index (χ0) is 27.2. The Hall–Kier alpha value is -2.83. The van der Waals surface area contributed by atoms with E-state index in [1.807, 2.05) is 16.7 Å². The highest BCUT2D eigenvalue weighted by Gasteiger charge is 2.55. The van der Waals surface area contributed by atoms with Crippen molar-refractivity contribution in [3.8, 4) is 5.75 Å². The van der Waals surface area contributed by atoms with E-state index in [2.05, 4.69) is 69.0 Å². The summed E-state index contributed by atoms with van der Waals surface area (Å²) in [6.45, 7) is 14.3. The number of aryl methyl sites for hydroxylation is 3. The summed E-state index contributed by atoms with van der Waals surface area (Å²) >= 11 is 0. The SMILES string of the molecule is CC[C@H](O)CN1C(=O)N2Cc3cc(OC)cc(C)c3[C@@H](C)C=C2C12CCN(Cc1cc(C)cc(C)c1)CC2. The van der Waals surface area contributed by atoms with Gasteiger partial charge in [-0.3, -0.25) is 9.80 Å². The molecule has 2 aromatic carbocycles. The quantitative estimate of drug-likeness (QED) is 0.537. The molecule has 3 heterocycles. The van der Waals surface area contributed by atoms with E-state index in [1.165, 1.54) is 27.8 Å². The Morgan fingerprint density at radius 1 is 1.08 bits per heavy atom. The molecule has 38 heavy (non-hydrogen) atoms. The van der Waals surface area contributed by atoms with Crippen LogP contribution in [0, 0.1) is 20.8 Å². The van der Waals surface area contributed by atoms with Crippen LogP contribution in [0.4, 0.5) is 4.79 Å². The van der Waals surface area contributed by atoms with E-state index >= 15 is 0 Å². The number of urea groups is 1. The van der Waals surface area contributed by atoms with Gasteiger partial charge in [0.2, 0.25) is 0 Å². The minimum atomic E-state index is -0.527. The van der Waals surface area contributed by atoms with Crippen LogP contribution in [-0.4, -0.2) is 64.2 Å². The normalized spacial score (nSPS) is 21.7. The maximum absolute atomic E-state index is 14.1. The van der Waals surface area contributed by atoms with Gasteiger partial charge in [0.15, 0.2) is 0 Å². The molecule has 204 valence electrons. The van der Waals surface area contributed by atoms with Crippen LogP contribution in [0.15, 0.2) is 42.1 Å². The molecule has 0 saturated carbocycles. The second-order valence-electron chi connectivity index (χ2n) is 11.7. The van der Waals surface area contributed by atoms with Crippen molar-refractivity contribution in [2.75, 3.05) is 26.7 Å². The van der Waals surface area contributed by atoms with Gasteiger partial charge in [-0.2, -0.15) is 0 Å². The molecule has 3 aliphatic heterocycles. The van der Waals surface area contributed by atoms with Gasteiger partial charge in [-0.05, 0) is 74.4 Å². The van der Waals surface area contributed by atoms with Gasteiger partial charge in [0, 0.05) is 37.8 Å². The molecular formula is C32H43N3O3. The number of hydrogen-bond acceptors (Lipinski definition) is 4. The summed E-state index contributed by atoms with van der Waals surface area (Å²) in [6, 6.07) is 11.0. The molecule has 2 atom stereocenters. The third kappa shape index (κ3) is 4.73. The van der Waals surface area contributed by atoms with Crippen LogP contribution in [0.1, 0.15) is 72.4 Å². The van der Waals surface area contributed by atoms with Crippen LogP contribution in [0.2, 0.25) is 0 Å². The number of carbonyl (C=O) groups is 1. The number of piperidine rings is 1. The lowest BCUT2D eigenvalue weighted by Crippen LogP contribution is -2.55. The zero-order valence-corrected chi connectivity index (χ0v) is 23.9. The number of benzene rings is 2. The summed E-state index contributed by atoms with van der Waals surface area (Å²) in [5.41, 5.74) is 8.33. The molecular weight excluding hydrogens is 474 g/mol. The largest absolute Gasteiger partial charge is 0.497 e. The van der Waals surface area contributed by atoms with Crippen molar-refractivity contribution in [3.63, 3.8) is 0 Å². The summed E-state index contributed by atoms with van der Waals surface area (Å²) in [5, 5.41) is 10.7. The van der Waals surface area contributed by atoms with E-state index in [0.717, 1.165) is 49.5 Å². The summed E-state index contributed by atoms with van der Waals surface area (Å²) < 4.78 is 5.58. The predicted octanol–water partition coefficient (Wildman–Crippen LogP) is 5.66. The molecule has 0 radical (unpaired) electrons. The molecule has 2 aromatic rings. The molecule has 6 nitrogen and oxygen atoms in total. The predicted molar refractivity (Wildman–Crippen MR) is 151 cm³/mol. The lowest BCUT2D eigenvalue weighted by Gasteiger charge is -2.45. The standard InChI is InChI=1S/C32H43N3O3/c1-7-27(36)20-35-31(37)34-19-26-17-28(38-6)15-23(4)30(26)24(5)16-29(34)32(35)8-10-33(11-9-32)18-25-13-21(2)12-22(3)14-25/h12-17,24,27,36H,7-11,18-20H2,1-6H3/t24-,27-/m0/s1. The van der Waals surface area contributed by atoms with Crippen LogP contribution in [0.3, 0.4) is 0 Å². The number of β-amino-alcohol motifs (C(OH)–C–C–N with tert-alkyl or cyclic N) is 1. The molecule has 0 bridgehead atoms. The Labute approximate surface area is 227 Å². The maximum atomic E-state index is 14.1. The van der Waals surface area contributed by atoms with Crippen molar-refractivity contribution in [1.29, 1.82) is 0 Å². The van der Waals surface area contributed by atoms with E-state index in [1.54, 1.807) is 7.11 Å². The third-order valence-corrected chi connectivity index (χ3v) is 8.85. The number of hydrogen-bond donors (Lipinski definition) is 1. The molecule has 2 fully saturated rings. The van der Waals surface area contributed by atoms with Crippen molar-refractivity contribution in [3.05, 3.63) is 75.5 Å². The van der Waals surface area contributed by atoms with Crippen LogP contribution in [-0.2, 0) is 13.1 Å². The smallest absolute Gasteiger partial charge is 0.325 e. The fourth-order valence-electron chi connectivity index (χ4n) is 7.06. The van der Waals surface area contributed by atoms with Crippen LogP contribution < -0.4 is 4.74 Å². The minimum Gasteiger partial charge on any atom is -0.497 e. The number of ether oxygens (including phenoxy) is 1. The molecule has 6 heteroatoms. The van der Waals surface area contributed by atoms with Crippen LogP contribution in [0.25, 0.3) is 0 Å². The number of amides is 2. The average molecular weight is 518 g/mol. The Balaban J connectivity index is 1.48. The molecule has 2 amide bonds. The Kier molecular flexibility index (Phi) is 7.31. The molecule has 0 aliphatic carbocycles. The number of nitrogens with zero attached hydrogens (tertiary/aromatic N) is 3. The number of rotatable bonds is 6. The van der Waals surface area contributed by atoms with E-state index < -0.39 is 6.10 Å². The Morgan fingerprint density at radius 2 is 1.76 bits per heavy atom. The zero-order valence-electron chi connectivity index (χ0n) is 23.9. The first-order valence-electron chi connectivity index (χ1n) is 14.1. The fraction of sp³-hybridized carbons (Fsp3) is 0.531. The van der Waals surface area contributed by atoms with Gasteiger partial charge < -0.3 is 14.7 Å². The Morgan fingerprint density at radius 3 is 2.39 bits per heavy atom. The van der Waals surface area contributed by atoms with E-state index in [-0.39, 0.29) is 17.5 Å². The number of likely N-dealkylation sites (tertiary alicyclic amines) is 1. The first-order chi connectivity index (χ1) is 18.1. The highest BCUT2D eigenvalue weighted by molar-refractivity contribution is 5.83. The van der Waals surface area contributed by atoms with E-state index in [4.69, 9.17) is 4.74 Å². The van der Waals surface area contributed by atoms with Crippen molar-refractivity contribution in [1.82, 2.24) is 14.7 Å². The Bertz CT molecular complexity index is 1220. The topological polar surface area (TPSA) is 56.3 Å². The first-order valence-corrected chi connectivity index (χ1v) is 14.1. The lowest BCUT2D eigenvalue weighted by molar-refractivity contribution is 0.0493. The lowest BCUT2D eigenvalue weighted by atomic mass is 9.81. The second-order valence-corrected chi connectivity index (χ2v) is 11.7. The highest BCUT2D eigenvalue weighted by Crippen LogP contribution is 2.48. The molecule has 1 spiro atoms. The summed E-state index contributed by atoms with van der Waals surface area (Å²) in [4.78, 5) is 20.6. The molecule has 0 aromatic heterocycles. The van der Waals surface area contributed by atoms with Gasteiger partial charge in [-0.15, -0.1) is 0 Å². The number of methoxy groups -OCH3 is 1. The van der Waals surface area contributed by atoms with Gasteiger partial charge in [-0.25, -0.2) is 4.79 Å². The molecule has 0 unspecified atom stereocenters.